The van der Waals surface area contributed by atoms with Crippen LogP contribution in [0.15, 0.2) is 24.4 Å². The summed E-state index contributed by atoms with van der Waals surface area (Å²) in [7, 11) is 0. The third kappa shape index (κ3) is 2.60. The Kier molecular flexibility index (Phi) is 5.84. The predicted octanol–water partition coefficient (Wildman–Crippen LogP) is 2.40. The molecule has 0 spiro atoms. The summed E-state index contributed by atoms with van der Waals surface area (Å²) >= 11 is 0. The monoisotopic (exact) mass is 347 g/mol. The molecule has 3 rings (SSSR count). The Morgan fingerprint density at radius 1 is 1.41 bits per heavy atom. The molecule has 5 nitrogen and oxygen atoms in total. The normalized spacial score (nSPS) is 31.6. The summed E-state index contributed by atoms with van der Waals surface area (Å²) in [6.07, 6.45) is 3.64. The van der Waals surface area contributed by atoms with Crippen molar-refractivity contribution in [3.8, 4) is 0 Å². The fraction of sp³-hybridized carbons (Fsp3) is 0.600. The van der Waals surface area contributed by atoms with Gasteiger partial charge in [-0.25, -0.2) is 4.98 Å². The van der Waals surface area contributed by atoms with Gasteiger partial charge in [0.2, 0.25) is 5.91 Å². The topological polar surface area (TPSA) is 77.2 Å². The van der Waals surface area contributed by atoms with Crippen LogP contribution in [0.2, 0.25) is 0 Å². The predicted molar refractivity (Wildman–Crippen MR) is 90.5 cm³/mol. The molecule has 1 aliphatic heterocycles. The number of hydrogen-bond acceptors (Lipinski definition) is 4. The van der Waals surface area contributed by atoms with E-state index in [1.165, 1.54) is 0 Å². The van der Waals surface area contributed by atoms with Crippen molar-refractivity contribution in [2.75, 3.05) is 11.9 Å². The highest BCUT2D eigenvalue weighted by molar-refractivity contribution is 5.99. The standard InChI is InChI=1S/C15H21N3O2.2ClH/c1-14(2)12-10(6-5-9-20-12)15(14,16)13(19)18-11-7-3-4-8-17-11;;/h3-4,7-8,10,12H,5-6,9,16H2,1-2H3,(H,17,18,19);2*1H. The number of nitrogens with two attached hydrogens (primary N) is 1. The van der Waals surface area contributed by atoms with Gasteiger partial charge in [-0.15, -0.1) is 24.8 Å². The van der Waals surface area contributed by atoms with Crippen LogP contribution in [0.5, 0.6) is 0 Å². The van der Waals surface area contributed by atoms with E-state index in [-0.39, 0.29) is 48.2 Å². The van der Waals surface area contributed by atoms with E-state index in [1.54, 1.807) is 12.3 Å². The summed E-state index contributed by atoms with van der Waals surface area (Å²) in [6.45, 7) is 4.79. The van der Waals surface area contributed by atoms with Crippen molar-refractivity contribution in [3.05, 3.63) is 24.4 Å². The lowest BCUT2D eigenvalue weighted by molar-refractivity contribution is -0.222. The number of nitrogens with one attached hydrogen (secondary N) is 1. The molecule has 22 heavy (non-hydrogen) atoms. The number of carbonyl (C=O) groups is 1. The zero-order valence-corrected chi connectivity index (χ0v) is 14.4. The number of nitrogens with zero attached hydrogens (tertiary/aromatic N) is 1. The van der Waals surface area contributed by atoms with Gasteiger partial charge in [0.05, 0.1) is 6.10 Å². The van der Waals surface area contributed by atoms with Crippen molar-refractivity contribution in [1.29, 1.82) is 0 Å². The summed E-state index contributed by atoms with van der Waals surface area (Å²) in [5.41, 5.74) is 5.25. The molecule has 7 heteroatoms. The second-order valence-corrected chi connectivity index (χ2v) is 6.30. The van der Waals surface area contributed by atoms with Crippen LogP contribution in [0.25, 0.3) is 0 Å². The summed E-state index contributed by atoms with van der Waals surface area (Å²) < 4.78 is 5.81. The van der Waals surface area contributed by atoms with Gasteiger partial charge < -0.3 is 15.8 Å². The van der Waals surface area contributed by atoms with Crippen LogP contribution in [0.3, 0.4) is 0 Å². The Bertz CT molecular complexity index is 527. The van der Waals surface area contributed by atoms with Gasteiger partial charge in [0, 0.05) is 24.1 Å². The SMILES string of the molecule is CC1(C)C2OCCCC2C1(N)C(=O)Nc1ccccn1.Cl.Cl. The minimum absolute atomic E-state index is 0. The first kappa shape index (κ1) is 19.2. The molecule has 1 saturated carbocycles. The van der Waals surface area contributed by atoms with Crippen LogP contribution >= 0.6 is 24.8 Å². The highest BCUT2D eigenvalue weighted by Crippen LogP contribution is 2.57. The zero-order valence-electron chi connectivity index (χ0n) is 12.7. The van der Waals surface area contributed by atoms with E-state index < -0.39 is 5.54 Å². The minimum Gasteiger partial charge on any atom is -0.377 e. The summed E-state index contributed by atoms with van der Waals surface area (Å²) in [6, 6.07) is 5.41. The maximum absolute atomic E-state index is 12.7. The first-order valence-corrected chi connectivity index (χ1v) is 7.11. The quantitative estimate of drug-likeness (QED) is 0.860. The molecule has 2 fully saturated rings. The van der Waals surface area contributed by atoms with E-state index in [0.29, 0.717) is 5.82 Å². The zero-order chi connectivity index (χ0) is 14.4. The van der Waals surface area contributed by atoms with Crippen LogP contribution in [0.1, 0.15) is 26.7 Å². The van der Waals surface area contributed by atoms with Crippen LogP contribution in [-0.2, 0) is 9.53 Å². The molecule has 1 aromatic heterocycles. The molecule has 1 aliphatic carbocycles. The number of anilines is 1. The van der Waals surface area contributed by atoms with Gasteiger partial charge in [-0.3, -0.25) is 4.79 Å². The van der Waals surface area contributed by atoms with Crippen LogP contribution in [0.4, 0.5) is 5.82 Å². The van der Waals surface area contributed by atoms with Gasteiger partial charge >= 0.3 is 0 Å². The highest BCUT2D eigenvalue weighted by atomic mass is 35.5. The Balaban J connectivity index is 0.00000121. The lowest BCUT2D eigenvalue weighted by Crippen LogP contribution is -2.81. The number of ether oxygens (including phenoxy) is 1. The van der Waals surface area contributed by atoms with E-state index >= 15 is 0 Å². The first-order chi connectivity index (χ1) is 9.48. The average molecular weight is 348 g/mol. The smallest absolute Gasteiger partial charge is 0.246 e. The number of aromatic nitrogens is 1. The second-order valence-electron chi connectivity index (χ2n) is 6.30. The van der Waals surface area contributed by atoms with Crippen LogP contribution in [-0.4, -0.2) is 29.1 Å². The van der Waals surface area contributed by atoms with Crippen molar-refractivity contribution >= 4 is 36.5 Å². The van der Waals surface area contributed by atoms with Gasteiger partial charge in [-0.05, 0) is 25.0 Å². The van der Waals surface area contributed by atoms with Gasteiger partial charge in [0.1, 0.15) is 11.4 Å². The molecular weight excluding hydrogens is 325 g/mol. The average Bonchev–Trinajstić information content (AvgIpc) is 2.47. The molecule has 0 radical (unpaired) electrons. The third-order valence-electron chi connectivity index (χ3n) is 4.97. The van der Waals surface area contributed by atoms with E-state index in [9.17, 15) is 4.79 Å². The van der Waals surface area contributed by atoms with Crippen molar-refractivity contribution in [1.82, 2.24) is 4.98 Å². The summed E-state index contributed by atoms with van der Waals surface area (Å²) in [4.78, 5) is 16.8. The molecule has 0 aromatic carbocycles. The van der Waals surface area contributed by atoms with Crippen molar-refractivity contribution in [2.24, 2.45) is 17.1 Å². The molecule has 1 saturated heterocycles. The highest BCUT2D eigenvalue weighted by Gasteiger charge is 2.70. The maximum Gasteiger partial charge on any atom is 0.246 e. The summed E-state index contributed by atoms with van der Waals surface area (Å²) in [5.74, 6) is 0.473. The molecule has 124 valence electrons. The lowest BCUT2D eigenvalue weighted by Gasteiger charge is -2.65. The van der Waals surface area contributed by atoms with E-state index in [1.807, 2.05) is 26.0 Å². The Labute approximate surface area is 143 Å². The third-order valence-corrected chi connectivity index (χ3v) is 4.97. The van der Waals surface area contributed by atoms with Crippen molar-refractivity contribution < 1.29 is 9.53 Å². The van der Waals surface area contributed by atoms with Gasteiger partial charge in [0.15, 0.2) is 0 Å². The van der Waals surface area contributed by atoms with E-state index in [4.69, 9.17) is 10.5 Å². The molecule has 3 N–H and O–H groups in total. The van der Waals surface area contributed by atoms with Crippen molar-refractivity contribution in [3.63, 3.8) is 0 Å². The molecule has 2 aliphatic rings. The van der Waals surface area contributed by atoms with Crippen molar-refractivity contribution in [2.45, 2.75) is 38.3 Å². The first-order valence-electron chi connectivity index (χ1n) is 7.11. The molecular formula is C15H23Cl2N3O2. The number of amides is 1. The fourth-order valence-electron chi connectivity index (χ4n) is 3.69. The van der Waals surface area contributed by atoms with Gasteiger partial charge in [-0.1, -0.05) is 19.9 Å². The minimum atomic E-state index is -0.893. The van der Waals surface area contributed by atoms with Gasteiger partial charge in [0.25, 0.3) is 0 Å². The molecule has 3 unspecified atom stereocenters. The van der Waals surface area contributed by atoms with Crippen LogP contribution in [0, 0.1) is 11.3 Å². The molecule has 1 aromatic rings. The molecule has 1 amide bonds. The number of halogens is 2. The fourth-order valence-corrected chi connectivity index (χ4v) is 3.69. The Hall–Kier alpha value is -0.880. The maximum atomic E-state index is 12.7. The number of hydrogen-bond donors (Lipinski definition) is 2. The number of fused-ring (bicyclic) bond motifs is 1. The molecule has 0 bridgehead atoms. The Morgan fingerprint density at radius 3 is 2.77 bits per heavy atom. The lowest BCUT2D eigenvalue weighted by atomic mass is 9.46. The second kappa shape index (κ2) is 6.71. The molecule has 2 heterocycles. The largest absolute Gasteiger partial charge is 0.377 e. The number of carbonyl (C=O) groups excluding carboxylic acids is 1. The van der Waals surface area contributed by atoms with Crippen LogP contribution < -0.4 is 11.1 Å². The van der Waals surface area contributed by atoms with Gasteiger partial charge in [-0.2, -0.15) is 0 Å². The summed E-state index contributed by atoms with van der Waals surface area (Å²) in [5, 5.41) is 2.84. The molecule has 3 atom stereocenters. The van der Waals surface area contributed by atoms with E-state index in [2.05, 4.69) is 10.3 Å². The number of rotatable bonds is 2. The number of pyridine rings is 1. The Morgan fingerprint density at radius 2 is 2.14 bits per heavy atom. The van der Waals surface area contributed by atoms with E-state index in [0.717, 1.165) is 19.4 Å².